The minimum atomic E-state index is 0.159. The van der Waals surface area contributed by atoms with Crippen molar-refractivity contribution in [3.05, 3.63) is 39.8 Å². The van der Waals surface area contributed by atoms with Crippen molar-refractivity contribution >= 4 is 17.2 Å². The Morgan fingerprint density at radius 3 is 3.14 bits per heavy atom. The van der Waals surface area contributed by atoms with Crippen LogP contribution in [-0.2, 0) is 29.5 Å². The number of aryl methyl sites for hydroxylation is 1. The number of ether oxygens (including phenoxy) is 1. The summed E-state index contributed by atoms with van der Waals surface area (Å²) >= 11 is 1.63. The van der Waals surface area contributed by atoms with E-state index in [1.165, 1.54) is 0 Å². The molecule has 0 spiro atoms. The second kappa shape index (κ2) is 5.99. The number of fused-ring (bicyclic) bond motifs is 1. The number of amides is 1. The molecule has 2 aromatic rings. The first kappa shape index (κ1) is 14.3. The van der Waals surface area contributed by atoms with Crippen LogP contribution in [0.5, 0.6) is 0 Å². The maximum Gasteiger partial charge on any atom is 0.228 e. The van der Waals surface area contributed by atoms with Gasteiger partial charge in [0.15, 0.2) is 0 Å². The van der Waals surface area contributed by atoms with Crippen molar-refractivity contribution in [1.29, 1.82) is 0 Å². The molecule has 0 fully saturated rings. The van der Waals surface area contributed by atoms with E-state index in [0.717, 1.165) is 16.1 Å². The smallest absolute Gasteiger partial charge is 0.228 e. The van der Waals surface area contributed by atoms with Gasteiger partial charge in [0, 0.05) is 49.8 Å². The summed E-state index contributed by atoms with van der Waals surface area (Å²) < 4.78 is 7.12. The largest absolute Gasteiger partial charge is 0.384 e. The number of methoxy groups -OCH3 is 1. The monoisotopic (exact) mass is 305 g/mol. The van der Waals surface area contributed by atoms with Crippen molar-refractivity contribution in [2.24, 2.45) is 7.05 Å². The van der Waals surface area contributed by atoms with Crippen molar-refractivity contribution in [3.8, 4) is 0 Å². The van der Waals surface area contributed by atoms with E-state index in [1.807, 2.05) is 40.3 Å². The summed E-state index contributed by atoms with van der Waals surface area (Å²) in [7, 11) is 3.61. The molecule has 3 rings (SSSR count). The molecule has 0 N–H and O–H groups in total. The molecule has 3 heterocycles. The van der Waals surface area contributed by atoms with E-state index in [9.17, 15) is 4.79 Å². The first-order valence-electron chi connectivity index (χ1n) is 6.99. The standard InChI is InChI=1S/C15H19N3O2S/c1-17-7-11-8-18(9-12(10-20-2)15(11)16-17)14(19)6-13-4-3-5-21-13/h3-5,7,12H,6,8-10H2,1-2H3/t12-/m1/s1. The Balaban J connectivity index is 1.77. The summed E-state index contributed by atoms with van der Waals surface area (Å²) in [5.74, 6) is 0.334. The normalized spacial score (nSPS) is 17.8. The molecule has 0 bridgehead atoms. The van der Waals surface area contributed by atoms with Gasteiger partial charge in [-0.25, -0.2) is 0 Å². The quantitative estimate of drug-likeness (QED) is 0.865. The SMILES string of the molecule is COC[C@H]1CN(C(=O)Cc2cccs2)Cc2cn(C)nc21. The first-order chi connectivity index (χ1) is 10.2. The highest BCUT2D eigenvalue weighted by atomic mass is 32.1. The van der Waals surface area contributed by atoms with Crippen molar-refractivity contribution in [3.63, 3.8) is 0 Å². The number of nitrogens with zero attached hydrogens (tertiary/aromatic N) is 3. The Morgan fingerprint density at radius 2 is 2.43 bits per heavy atom. The summed E-state index contributed by atoms with van der Waals surface area (Å²) in [5.41, 5.74) is 2.20. The summed E-state index contributed by atoms with van der Waals surface area (Å²) in [6, 6.07) is 3.99. The van der Waals surface area contributed by atoms with Gasteiger partial charge in [0.05, 0.1) is 18.7 Å². The van der Waals surface area contributed by atoms with Crippen molar-refractivity contribution in [1.82, 2.24) is 14.7 Å². The lowest BCUT2D eigenvalue weighted by molar-refractivity contribution is -0.131. The van der Waals surface area contributed by atoms with Crippen LogP contribution in [-0.4, -0.2) is 40.8 Å². The minimum Gasteiger partial charge on any atom is -0.384 e. The van der Waals surface area contributed by atoms with Gasteiger partial charge in [-0.2, -0.15) is 5.10 Å². The molecule has 0 radical (unpaired) electrons. The lowest BCUT2D eigenvalue weighted by Crippen LogP contribution is -2.40. The van der Waals surface area contributed by atoms with Gasteiger partial charge in [-0.05, 0) is 11.4 Å². The Hall–Kier alpha value is -1.66. The second-order valence-corrected chi connectivity index (χ2v) is 6.43. The molecular formula is C15H19N3O2S. The zero-order valence-electron chi connectivity index (χ0n) is 12.3. The zero-order chi connectivity index (χ0) is 14.8. The number of hydrogen-bond donors (Lipinski definition) is 0. The summed E-state index contributed by atoms with van der Waals surface area (Å²) in [6.07, 6.45) is 2.48. The lowest BCUT2D eigenvalue weighted by Gasteiger charge is -2.31. The average molecular weight is 305 g/mol. The molecule has 21 heavy (non-hydrogen) atoms. The fourth-order valence-electron chi connectivity index (χ4n) is 2.84. The molecule has 0 saturated carbocycles. The number of hydrogen-bond acceptors (Lipinski definition) is 4. The average Bonchev–Trinajstić information content (AvgIpc) is 3.07. The highest BCUT2D eigenvalue weighted by Gasteiger charge is 2.30. The van der Waals surface area contributed by atoms with Gasteiger partial charge in [-0.1, -0.05) is 6.07 Å². The molecule has 0 saturated heterocycles. The third-order valence-electron chi connectivity index (χ3n) is 3.75. The van der Waals surface area contributed by atoms with E-state index in [-0.39, 0.29) is 11.8 Å². The van der Waals surface area contributed by atoms with Crippen LogP contribution in [0.3, 0.4) is 0 Å². The highest BCUT2D eigenvalue weighted by Crippen LogP contribution is 2.27. The van der Waals surface area contributed by atoms with Gasteiger partial charge in [-0.15, -0.1) is 11.3 Å². The van der Waals surface area contributed by atoms with Crippen LogP contribution in [0.15, 0.2) is 23.7 Å². The maximum absolute atomic E-state index is 12.5. The lowest BCUT2D eigenvalue weighted by atomic mass is 9.97. The second-order valence-electron chi connectivity index (χ2n) is 5.40. The van der Waals surface area contributed by atoms with Gasteiger partial charge >= 0.3 is 0 Å². The predicted molar refractivity (Wildman–Crippen MR) is 81.3 cm³/mol. The molecule has 6 heteroatoms. The van der Waals surface area contributed by atoms with Crippen LogP contribution < -0.4 is 0 Å². The van der Waals surface area contributed by atoms with Crippen molar-refractivity contribution < 1.29 is 9.53 Å². The Bertz CT molecular complexity index is 621. The number of carbonyl (C=O) groups is 1. The van der Waals surface area contributed by atoms with E-state index in [4.69, 9.17) is 4.74 Å². The van der Waals surface area contributed by atoms with Gasteiger partial charge in [0.25, 0.3) is 0 Å². The molecule has 2 aromatic heterocycles. The van der Waals surface area contributed by atoms with Crippen molar-refractivity contribution in [2.45, 2.75) is 18.9 Å². The number of thiophene rings is 1. The van der Waals surface area contributed by atoms with Crippen LogP contribution in [0.4, 0.5) is 0 Å². The zero-order valence-corrected chi connectivity index (χ0v) is 13.1. The Morgan fingerprint density at radius 1 is 1.57 bits per heavy atom. The number of rotatable bonds is 4. The van der Waals surface area contributed by atoms with E-state index >= 15 is 0 Å². The van der Waals surface area contributed by atoms with Gasteiger partial charge in [-0.3, -0.25) is 9.48 Å². The Labute approximate surface area is 128 Å². The van der Waals surface area contributed by atoms with Crippen molar-refractivity contribution in [2.75, 3.05) is 20.3 Å². The maximum atomic E-state index is 12.5. The van der Waals surface area contributed by atoms with Crippen LogP contribution >= 0.6 is 11.3 Å². The molecule has 112 valence electrons. The molecular weight excluding hydrogens is 286 g/mol. The van der Waals surface area contributed by atoms with Crippen LogP contribution in [0.25, 0.3) is 0 Å². The third-order valence-corrected chi connectivity index (χ3v) is 4.63. The number of aromatic nitrogens is 2. The van der Waals surface area contributed by atoms with E-state index < -0.39 is 0 Å². The molecule has 1 aliphatic heterocycles. The summed E-state index contributed by atoms with van der Waals surface area (Å²) in [6.45, 7) is 1.92. The van der Waals surface area contributed by atoms with Crippen LogP contribution in [0, 0.1) is 0 Å². The number of carbonyl (C=O) groups excluding carboxylic acids is 1. The molecule has 0 unspecified atom stereocenters. The van der Waals surface area contributed by atoms with E-state index in [0.29, 0.717) is 26.1 Å². The third kappa shape index (κ3) is 3.01. The fraction of sp³-hybridized carbons (Fsp3) is 0.467. The van der Waals surface area contributed by atoms with E-state index in [2.05, 4.69) is 5.10 Å². The molecule has 1 amide bonds. The molecule has 0 aliphatic carbocycles. The summed E-state index contributed by atoms with van der Waals surface area (Å²) in [5, 5.41) is 6.53. The minimum absolute atomic E-state index is 0.159. The van der Waals surface area contributed by atoms with Gasteiger partial charge in [0.2, 0.25) is 5.91 Å². The van der Waals surface area contributed by atoms with Gasteiger partial charge < -0.3 is 9.64 Å². The fourth-order valence-corrected chi connectivity index (χ4v) is 3.54. The highest BCUT2D eigenvalue weighted by molar-refractivity contribution is 7.10. The van der Waals surface area contributed by atoms with Crippen LogP contribution in [0.1, 0.15) is 22.1 Å². The first-order valence-corrected chi connectivity index (χ1v) is 7.87. The molecule has 5 nitrogen and oxygen atoms in total. The topological polar surface area (TPSA) is 47.4 Å². The van der Waals surface area contributed by atoms with Crippen LogP contribution in [0.2, 0.25) is 0 Å². The van der Waals surface area contributed by atoms with Gasteiger partial charge in [0.1, 0.15) is 0 Å². The Kier molecular flexibility index (Phi) is 4.07. The molecule has 0 aromatic carbocycles. The van der Waals surface area contributed by atoms with E-state index in [1.54, 1.807) is 18.4 Å². The molecule has 1 aliphatic rings. The molecule has 1 atom stereocenters. The predicted octanol–water partition coefficient (Wildman–Crippen LogP) is 1.80. The summed E-state index contributed by atoms with van der Waals surface area (Å²) in [4.78, 5) is 15.5.